The van der Waals surface area contributed by atoms with Crippen LogP contribution in [0.1, 0.15) is 0 Å². The zero-order valence-corrected chi connectivity index (χ0v) is 18.4. The Bertz CT molecular complexity index is 1110. The second-order valence-corrected chi connectivity index (χ2v) is 6.55. The minimum absolute atomic E-state index is 0. The number of anilines is 2. The van der Waals surface area contributed by atoms with Crippen molar-refractivity contribution in [2.45, 2.75) is 0 Å². The highest BCUT2D eigenvalue weighted by Crippen LogP contribution is 2.23. The summed E-state index contributed by atoms with van der Waals surface area (Å²) < 4.78 is 0. The molecule has 0 spiro atoms. The van der Waals surface area contributed by atoms with Gasteiger partial charge in [-0.25, -0.2) is 0 Å². The Hall–Kier alpha value is -2.90. The predicted molar refractivity (Wildman–Crippen MR) is 134 cm³/mol. The van der Waals surface area contributed by atoms with Crippen LogP contribution in [0.5, 0.6) is 0 Å². The van der Waals surface area contributed by atoms with Crippen LogP contribution in [-0.2, 0) is 4.79 Å². The van der Waals surface area contributed by atoms with Crippen molar-refractivity contribution < 1.29 is 10.3 Å². The van der Waals surface area contributed by atoms with Crippen LogP contribution in [0.2, 0.25) is 0 Å². The second-order valence-electron chi connectivity index (χ2n) is 6.55. The minimum atomic E-state index is -0.0680. The van der Waals surface area contributed by atoms with Crippen molar-refractivity contribution in [2.24, 2.45) is 0 Å². The summed E-state index contributed by atoms with van der Waals surface area (Å²) in [5.41, 5.74) is 2.76. The van der Waals surface area contributed by atoms with Crippen LogP contribution in [0.15, 0.2) is 79.0 Å². The molecule has 164 valence electrons. The summed E-state index contributed by atoms with van der Waals surface area (Å²) in [6, 6.07) is 24.1. The summed E-state index contributed by atoms with van der Waals surface area (Å²) in [5.74, 6) is -0.0680. The van der Waals surface area contributed by atoms with Crippen molar-refractivity contribution in [1.82, 2.24) is 10.3 Å². The molecule has 0 atom stereocenters. The molecule has 0 radical (unpaired) electrons. The van der Waals surface area contributed by atoms with E-state index < -0.39 is 0 Å². The Morgan fingerprint density at radius 1 is 0.774 bits per heavy atom. The first-order valence-corrected chi connectivity index (χ1v) is 9.37. The molecule has 0 unspecified atom stereocenters. The number of aromatic nitrogens is 1. The third kappa shape index (κ3) is 6.54. The fourth-order valence-corrected chi connectivity index (χ4v) is 3.27. The molecular formula is C23H26Cl2N4O2. The van der Waals surface area contributed by atoms with Gasteiger partial charge in [0.2, 0.25) is 5.91 Å². The van der Waals surface area contributed by atoms with Crippen molar-refractivity contribution in [3.8, 4) is 0 Å². The van der Waals surface area contributed by atoms with E-state index in [1.54, 1.807) is 6.20 Å². The van der Waals surface area contributed by atoms with Crippen LogP contribution in [0.25, 0.3) is 21.7 Å². The Morgan fingerprint density at radius 3 is 2.35 bits per heavy atom. The fourth-order valence-electron chi connectivity index (χ4n) is 3.27. The Kier molecular flexibility index (Phi) is 10.7. The fraction of sp³-hybridized carbons (Fsp3) is 0.130. The molecule has 0 aliphatic heterocycles. The maximum absolute atomic E-state index is 12.2. The Labute approximate surface area is 193 Å². The molecule has 4 aromatic rings. The summed E-state index contributed by atoms with van der Waals surface area (Å²) in [6.07, 6.45) is 1.75. The molecule has 3 aromatic carbocycles. The van der Waals surface area contributed by atoms with E-state index in [1.807, 2.05) is 48.5 Å². The summed E-state index contributed by atoms with van der Waals surface area (Å²) >= 11 is 0. The van der Waals surface area contributed by atoms with Gasteiger partial charge in [0.15, 0.2) is 0 Å². The number of hydrogen-bond donors (Lipinski definition) is 3. The summed E-state index contributed by atoms with van der Waals surface area (Å²) in [4.78, 5) is 16.6. The standard InChI is InChI=1S/C23H22N4O.2ClH.H2O/c28-23(27-22-12-4-11-21-19(22)9-5-13-25-21)16-24-14-15-26-20-10-3-7-17-6-1-2-8-18(17)20;;;/h1-13,24,26H,14-16H2,(H,27,28);2*1H;1H2. The summed E-state index contributed by atoms with van der Waals surface area (Å²) in [6.45, 7) is 1.68. The van der Waals surface area contributed by atoms with E-state index in [0.29, 0.717) is 6.54 Å². The average molecular weight is 461 g/mol. The number of halogens is 2. The molecule has 0 bridgehead atoms. The number of carbonyl (C=O) groups is 1. The van der Waals surface area contributed by atoms with E-state index in [1.165, 1.54) is 10.8 Å². The van der Waals surface area contributed by atoms with Crippen LogP contribution in [-0.4, -0.2) is 36.0 Å². The highest BCUT2D eigenvalue weighted by Gasteiger charge is 2.06. The van der Waals surface area contributed by atoms with Gasteiger partial charge in [0.1, 0.15) is 0 Å². The molecule has 0 aliphatic rings. The normalized spacial score (nSPS) is 9.81. The monoisotopic (exact) mass is 460 g/mol. The molecule has 6 nitrogen and oxygen atoms in total. The number of hydrogen-bond acceptors (Lipinski definition) is 4. The van der Waals surface area contributed by atoms with E-state index >= 15 is 0 Å². The van der Waals surface area contributed by atoms with E-state index in [4.69, 9.17) is 0 Å². The van der Waals surface area contributed by atoms with Gasteiger partial charge in [-0.15, -0.1) is 24.8 Å². The van der Waals surface area contributed by atoms with E-state index in [0.717, 1.165) is 28.8 Å². The van der Waals surface area contributed by atoms with E-state index in [9.17, 15) is 4.79 Å². The molecule has 5 N–H and O–H groups in total. The van der Waals surface area contributed by atoms with Crippen LogP contribution >= 0.6 is 24.8 Å². The van der Waals surface area contributed by atoms with Crippen molar-refractivity contribution in [1.29, 1.82) is 0 Å². The first-order valence-electron chi connectivity index (χ1n) is 9.37. The van der Waals surface area contributed by atoms with Gasteiger partial charge < -0.3 is 21.4 Å². The van der Waals surface area contributed by atoms with Gasteiger partial charge in [0.25, 0.3) is 0 Å². The molecule has 0 saturated heterocycles. The molecule has 8 heteroatoms. The molecule has 0 aliphatic carbocycles. The van der Waals surface area contributed by atoms with Crippen LogP contribution < -0.4 is 16.0 Å². The number of pyridine rings is 1. The topological polar surface area (TPSA) is 97.5 Å². The molecule has 1 aromatic heterocycles. The number of carbonyl (C=O) groups excluding carboxylic acids is 1. The van der Waals surface area contributed by atoms with Gasteiger partial charge in [-0.2, -0.15) is 0 Å². The zero-order chi connectivity index (χ0) is 19.2. The van der Waals surface area contributed by atoms with Crippen LogP contribution in [0.3, 0.4) is 0 Å². The van der Waals surface area contributed by atoms with Gasteiger partial charge in [-0.3, -0.25) is 9.78 Å². The van der Waals surface area contributed by atoms with Gasteiger partial charge in [0, 0.05) is 35.7 Å². The molecule has 1 amide bonds. The van der Waals surface area contributed by atoms with Crippen molar-refractivity contribution in [3.05, 3.63) is 79.0 Å². The van der Waals surface area contributed by atoms with Gasteiger partial charge in [-0.05, 0) is 35.7 Å². The lowest BCUT2D eigenvalue weighted by molar-refractivity contribution is -0.115. The van der Waals surface area contributed by atoms with Gasteiger partial charge >= 0.3 is 0 Å². The number of amides is 1. The lowest BCUT2D eigenvalue weighted by Crippen LogP contribution is -2.31. The highest BCUT2D eigenvalue weighted by molar-refractivity contribution is 6.01. The average Bonchev–Trinajstić information content (AvgIpc) is 2.74. The molecule has 0 saturated carbocycles. The lowest BCUT2D eigenvalue weighted by Gasteiger charge is -2.11. The molecule has 1 heterocycles. The lowest BCUT2D eigenvalue weighted by atomic mass is 10.1. The first kappa shape index (κ1) is 26.1. The Morgan fingerprint density at radius 2 is 1.48 bits per heavy atom. The number of nitrogens with one attached hydrogen (secondary N) is 3. The molecular weight excluding hydrogens is 435 g/mol. The van der Waals surface area contributed by atoms with Gasteiger partial charge in [0.05, 0.1) is 17.7 Å². The highest BCUT2D eigenvalue weighted by atomic mass is 35.5. The van der Waals surface area contributed by atoms with E-state index in [2.05, 4.69) is 45.2 Å². The number of nitrogens with zero attached hydrogens (tertiary/aromatic N) is 1. The van der Waals surface area contributed by atoms with E-state index in [-0.39, 0.29) is 42.7 Å². The third-order valence-corrected chi connectivity index (χ3v) is 4.61. The largest absolute Gasteiger partial charge is 0.412 e. The summed E-state index contributed by atoms with van der Waals surface area (Å²) in [5, 5.41) is 12.9. The van der Waals surface area contributed by atoms with Crippen LogP contribution in [0.4, 0.5) is 11.4 Å². The Balaban J connectivity index is 0.00000160. The second kappa shape index (κ2) is 12.7. The molecule has 31 heavy (non-hydrogen) atoms. The zero-order valence-electron chi connectivity index (χ0n) is 16.8. The number of benzene rings is 3. The number of rotatable bonds is 7. The van der Waals surface area contributed by atoms with Crippen molar-refractivity contribution in [2.75, 3.05) is 30.3 Å². The minimum Gasteiger partial charge on any atom is -0.412 e. The maximum Gasteiger partial charge on any atom is 0.238 e. The molecule has 0 fully saturated rings. The third-order valence-electron chi connectivity index (χ3n) is 4.61. The quantitative estimate of drug-likeness (QED) is 0.362. The van der Waals surface area contributed by atoms with Crippen molar-refractivity contribution in [3.63, 3.8) is 0 Å². The maximum atomic E-state index is 12.2. The smallest absolute Gasteiger partial charge is 0.238 e. The molecule has 4 rings (SSSR count). The summed E-state index contributed by atoms with van der Waals surface area (Å²) in [7, 11) is 0. The first-order chi connectivity index (χ1) is 13.8. The van der Waals surface area contributed by atoms with Gasteiger partial charge in [-0.1, -0.05) is 42.5 Å². The number of fused-ring (bicyclic) bond motifs is 2. The predicted octanol–water partition coefficient (Wildman–Crippen LogP) is 4.05. The van der Waals surface area contributed by atoms with Crippen LogP contribution in [0, 0.1) is 0 Å². The SMILES string of the molecule is Cl.Cl.O.O=C(CNCCNc1cccc2ccccc12)Nc1cccc2ncccc12. The van der Waals surface area contributed by atoms with Crippen molar-refractivity contribution >= 4 is 63.8 Å².